The average molecular weight is 1060 g/mol. The van der Waals surface area contributed by atoms with Crippen molar-refractivity contribution in [1.29, 1.82) is 0 Å². The minimum atomic E-state index is -0.672. The van der Waals surface area contributed by atoms with E-state index in [1.807, 2.05) is 0 Å². The molecule has 0 heterocycles. The highest BCUT2D eigenvalue weighted by Gasteiger charge is 2.20. The number of amides is 1. The molecular formula is C69H133NO5. The van der Waals surface area contributed by atoms with Gasteiger partial charge in [-0.3, -0.25) is 9.59 Å². The van der Waals surface area contributed by atoms with Crippen LogP contribution in [0.2, 0.25) is 0 Å². The third-order valence-electron chi connectivity index (χ3n) is 16.0. The van der Waals surface area contributed by atoms with Crippen LogP contribution >= 0.6 is 0 Å². The van der Waals surface area contributed by atoms with Crippen molar-refractivity contribution < 1.29 is 24.5 Å². The number of aliphatic hydroxyl groups excluding tert-OH is 2. The second kappa shape index (κ2) is 64.9. The molecule has 444 valence electrons. The number of hydrogen-bond donors (Lipinski definition) is 3. The van der Waals surface area contributed by atoms with Crippen LogP contribution in [0.25, 0.3) is 0 Å². The van der Waals surface area contributed by atoms with Crippen LogP contribution < -0.4 is 5.32 Å². The van der Waals surface area contributed by atoms with Crippen molar-refractivity contribution >= 4 is 11.9 Å². The molecule has 0 spiro atoms. The third kappa shape index (κ3) is 61.4. The van der Waals surface area contributed by atoms with Gasteiger partial charge in [0.05, 0.1) is 25.4 Å². The highest BCUT2D eigenvalue weighted by atomic mass is 16.5. The van der Waals surface area contributed by atoms with E-state index in [4.69, 9.17) is 4.74 Å². The summed E-state index contributed by atoms with van der Waals surface area (Å²) in [6.07, 6.45) is 80.7. The van der Waals surface area contributed by atoms with Gasteiger partial charge in [0.2, 0.25) is 5.91 Å². The van der Waals surface area contributed by atoms with E-state index in [-0.39, 0.29) is 18.5 Å². The molecule has 2 atom stereocenters. The molecule has 0 aliphatic rings. The van der Waals surface area contributed by atoms with E-state index < -0.39 is 12.1 Å². The maximum Gasteiger partial charge on any atom is 0.305 e. The molecule has 0 saturated heterocycles. The SMILES string of the molecule is CCCCCCCCCCCCCCCCCCCCCCCC(O)C(CO)NC(=O)CCCCCCCCCCCC/C=C\C=C/CCCCCOC(=O)CCCCCCCCCCCCCCCCCCCC. The lowest BCUT2D eigenvalue weighted by Crippen LogP contribution is -2.45. The number of carbonyl (C=O) groups excluding carboxylic acids is 2. The number of ether oxygens (including phenoxy) is 1. The smallest absolute Gasteiger partial charge is 0.305 e. The molecule has 0 bridgehead atoms. The van der Waals surface area contributed by atoms with E-state index in [2.05, 4.69) is 43.5 Å². The first-order valence-corrected chi connectivity index (χ1v) is 34.1. The van der Waals surface area contributed by atoms with Crippen LogP contribution in [0.1, 0.15) is 380 Å². The first kappa shape index (κ1) is 73.3. The average Bonchev–Trinajstić information content (AvgIpc) is 3.41. The Kier molecular flexibility index (Phi) is 63.4. The minimum Gasteiger partial charge on any atom is -0.466 e. The second-order valence-electron chi connectivity index (χ2n) is 23.5. The van der Waals surface area contributed by atoms with Crippen LogP contribution in [0.4, 0.5) is 0 Å². The first-order valence-electron chi connectivity index (χ1n) is 34.1. The lowest BCUT2D eigenvalue weighted by Gasteiger charge is -2.22. The Balaban J connectivity index is 3.45. The van der Waals surface area contributed by atoms with Crippen LogP contribution in [0.15, 0.2) is 24.3 Å². The Morgan fingerprint density at radius 2 is 0.653 bits per heavy atom. The number of hydrogen-bond acceptors (Lipinski definition) is 5. The summed E-state index contributed by atoms with van der Waals surface area (Å²) in [5.74, 6) is -0.0488. The summed E-state index contributed by atoms with van der Waals surface area (Å²) >= 11 is 0. The molecule has 0 aromatic rings. The predicted octanol–water partition coefficient (Wildman–Crippen LogP) is 21.8. The monoisotopic (exact) mass is 1060 g/mol. The zero-order chi connectivity index (χ0) is 54.3. The van der Waals surface area contributed by atoms with Gasteiger partial charge in [-0.2, -0.15) is 0 Å². The molecule has 0 rings (SSSR count). The van der Waals surface area contributed by atoms with Crippen molar-refractivity contribution in [3.05, 3.63) is 24.3 Å². The third-order valence-corrected chi connectivity index (χ3v) is 16.0. The maximum atomic E-state index is 12.5. The molecule has 75 heavy (non-hydrogen) atoms. The highest BCUT2D eigenvalue weighted by molar-refractivity contribution is 5.76. The predicted molar refractivity (Wildman–Crippen MR) is 329 cm³/mol. The summed E-state index contributed by atoms with van der Waals surface area (Å²) in [4.78, 5) is 24.6. The van der Waals surface area contributed by atoms with Crippen LogP contribution in [-0.4, -0.2) is 47.4 Å². The molecule has 0 saturated carbocycles. The van der Waals surface area contributed by atoms with Gasteiger partial charge in [0.15, 0.2) is 0 Å². The molecule has 0 fully saturated rings. The zero-order valence-corrected chi connectivity index (χ0v) is 50.8. The topological polar surface area (TPSA) is 95.9 Å². The molecule has 6 nitrogen and oxygen atoms in total. The maximum absolute atomic E-state index is 12.5. The largest absolute Gasteiger partial charge is 0.466 e. The lowest BCUT2D eigenvalue weighted by atomic mass is 10.0. The summed E-state index contributed by atoms with van der Waals surface area (Å²) < 4.78 is 5.48. The van der Waals surface area contributed by atoms with Crippen LogP contribution in [0.3, 0.4) is 0 Å². The number of allylic oxidation sites excluding steroid dienone is 4. The normalized spacial score (nSPS) is 12.6. The standard InChI is InChI=1S/C69H133NO5/c1-3-5-7-9-11-13-15-17-19-21-23-24-26-29-33-37-41-45-49-53-57-61-67(72)66(65-71)70-68(73)62-58-54-50-46-42-38-34-30-27-25-28-32-36-40-44-48-52-56-60-64-75-69(74)63-59-55-51-47-43-39-35-31-22-20-18-16-14-12-10-8-6-4-2/h32,36,40,44,66-67,71-72H,3-31,33-35,37-39,41-43,45-65H2,1-2H3,(H,70,73)/b36-32-,44-40-. The van der Waals surface area contributed by atoms with Crippen LogP contribution in [0, 0.1) is 0 Å². The van der Waals surface area contributed by atoms with Crippen molar-refractivity contribution in [2.75, 3.05) is 13.2 Å². The van der Waals surface area contributed by atoms with Gasteiger partial charge in [0.1, 0.15) is 0 Å². The lowest BCUT2D eigenvalue weighted by molar-refractivity contribution is -0.143. The van der Waals surface area contributed by atoms with E-state index in [0.29, 0.717) is 25.9 Å². The molecule has 0 aliphatic heterocycles. The van der Waals surface area contributed by atoms with E-state index in [1.54, 1.807) is 0 Å². The zero-order valence-electron chi connectivity index (χ0n) is 50.8. The summed E-state index contributed by atoms with van der Waals surface area (Å²) in [5, 5.41) is 23.4. The van der Waals surface area contributed by atoms with Crippen LogP contribution in [0.5, 0.6) is 0 Å². The van der Waals surface area contributed by atoms with Crippen LogP contribution in [-0.2, 0) is 14.3 Å². The van der Waals surface area contributed by atoms with Gasteiger partial charge in [-0.15, -0.1) is 0 Å². The van der Waals surface area contributed by atoms with Crippen molar-refractivity contribution in [2.45, 2.75) is 392 Å². The van der Waals surface area contributed by atoms with Crippen molar-refractivity contribution in [3.63, 3.8) is 0 Å². The first-order chi connectivity index (χ1) is 37.0. The number of nitrogens with one attached hydrogen (secondary N) is 1. The van der Waals surface area contributed by atoms with Gasteiger partial charge in [0.25, 0.3) is 0 Å². The fourth-order valence-corrected chi connectivity index (χ4v) is 10.8. The Hall–Kier alpha value is -1.66. The molecule has 1 amide bonds. The highest BCUT2D eigenvalue weighted by Crippen LogP contribution is 2.19. The van der Waals surface area contributed by atoms with Gasteiger partial charge in [-0.05, 0) is 57.8 Å². The van der Waals surface area contributed by atoms with E-state index in [1.165, 1.54) is 276 Å². The van der Waals surface area contributed by atoms with Gasteiger partial charge < -0.3 is 20.3 Å². The number of esters is 1. The van der Waals surface area contributed by atoms with Crippen molar-refractivity contribution in [2.24, 2.45) is 0 Å². The number of carbonyl (C=O) groups is 2. The summed E-state index contributed by atoms with van der Waals surface area (Å²) in [5.41, 5.74) is 0. The Morgan fingerprint density at radius 1 is 0.373 bits per heavy atom. The molecular weight excluding hydrogens is 923 g/mol. The molecule has 2 unspecified atom stereocenters. The summed E-state index contributed by atoms with van der Waals surface area (Å²) in [6.45, 7) is 4.95. The number of aliphatic hydroxyl groups is 2. The molecule has 0 aromatic heterocycles. The molecule has 0 aliphatic carbocycles. The molecule has 6 heteroatoms. The minimum absolute atomic E-state index is 0.00796. The molecule has 0 aromatic carbocycles. The van der Waals surface area contributed by atoms with Crippen molar-refractivity contribution in [1.82, 2.24) is 5.32 Å². The fraction of sp³-hybridized carbons (Fsp3) is 0.913. The number of rotatable bonds is 64. The molecule has 0 radical (unpaired) electrons. The van der Waals surface area contributed by atoms with E-state index in [0.717, 1.165) is 70.6 Å². The molecule has 3 N–H and O–H groups in total. The summed E-state index contributed by atoms with van der Waals surface area (Å²) in [7, 11) is 0. The Morgan fingerprint density at radius 3 is 0.987 bits per heavy atom. The van der Waals surface area contributed by atoms with E-state index >= 15 is 0 Å². The summed E-state index contributed by atoms with van der Waals surface area (Å²) in [6, 6.07) is -0.550. The Bertz CT molecular complexity index is 1170. The second-order valence-corrected chi connectivity index (χ2v) is 23.5. The van der Waals surface area contributed by atoms with Gasteiger partial charge in [-0.1, -0.05) is 334 Å². The quantitative estimate of drug-likeness (QED) is 0.0320. The van der Waals surface area contributed by atoms with Gasteiger partial charge in [-0.25, -0.2) is 0 Å². The Labute approximate surface area is 469 Å². The van der Waals surface area contributed by atoms with Crippen molar-refractivity contribution in [3.8, 4) is 0 Å². The van der Waals surface area contributed by atoms with E-state index in [9.17, 15) is 19.8 Å². The number of unbranched alkanes of at least 4 members (excludes halogenated alkanes) is 50. The van der Waals surface area contributed by atoms with Gasteiger partial charge >= 0.3 is 5.97 Å². The van der Waals surface area contributed by atoms with Gasteiger partial charge in [0, 0.05) is 12.8 Å². The fourth-order valence-electron chi connectivity index (χ4n) is 10.8.